The number of imide groups is 1. The summed E-state index contributed by atoms with van der Waals surface area (Å²) in [5.41, 5.74) is 1.33. The van der Waals surface area contributed by atoms with Gasteiger partial charge < -0.3 is 10.2 Å². The number of carbonyl (C=O) groups is 2. The van der Waals surface area contributed by atoms with Crippen LogP contribution in [0.4, 0.5) is 14.9 Å². The summed E-state index contributed by atoms with van der Waals surface area (Å²) in [6, 6.07) is 4.45. The summed E-state index contributed by atoms with van der Waals surface area (Å²) in [6.07, 6.45) is 3.67. The van der Waals surface area contributed by atoms with Crippen molar-refractivity contribution < 1.29 is 14.0 Å². The van der Waals surface area contributed by atoms with Gasteiger partial charge in [0.05, 0.1) is 5.69 Å². The molecule has 1 aromatic rings. The lowest BCUT2D eigenvalue weighted by atomic mass is 10.1. The average Bonchev–Trinajstić information content (AvgIpc) is 3.09. The van der Waals surface area contributed by atoms with Crippen molar-refractivity contribution in [2.24, 2.45) is 0 Å². The number of carbonyl (C=O) groups excluding carboxylic acids is 2. The standard InChI is InChI=1S/C16H18FN3O2/c1-2-20-15(21)13(18-16(20)22)10-11-5-6-14(12(17)9-11)19-7-3-4-8-19/h5-6,9-10H,2-4,7-8H2,1H3,(H,18,22). The Morgan fingerprint density at radius 1 is 1.27 bits per heavy atom. The van der Waals surface area contributed by atoms with E-state index < -0.39 is 6.03 Å². The van der Waals surface area contributed by atoms with Crippen LogP contribution in [0.3, 0.4) is 0 Å². The van der Waals surface area contributed by atoms with Crippen molar-refractivity contribution in [2.45, 2.75) is 19.8 Å². The van der Waals surface area contributed by atoms with Crippen LogP contribution in [0.25, 0.3) is 6.08 Å². The second kappa shape index (κ2) is 5.79. The second-order valence-corrected chi connectivity index (χ2v) is 5.44. The molecule has 0 radical (unpaired) electrons. The minimum absolute atomic E-state index is 0.181. The van der Waals surface area contributed by atoms with E-state index in [0.29, 0.717) is 17.8 Å². The van der Waals surface area contributed by atoms with Gasteiger partial charge in [-0.05, 0) is 43.5 Å². The van der Waals surface area contributed by atoms with Gasteiger partial charge in [-0.3, -0.25) is 9.69 Å². The molecule has 0 aliphatic carbocycles. The predicted molar refractivity (Wildman–Crippen MR) is 81.7 cm³/mol. The fourth-order valence-electron chi connectivity index (χ4n) is 2.85. The summed E-state index contributed by atoms with van der Waals surface area (Å²) in [5, 5.41) is 2.51. The molecular weight excluding hydrogens is 285 g/mol. The minimum atomic E-state index is -0.437. The Bertz CT molecular complexity index is 651. The molecule has 2 aliphatic heterocycles. The quantitative estimate of drug-likeness (QED) is 0.689. The number of hydrogen-bond donors (Lipinski definition) is 1. The first-order valence-corrected chi connectivity index (χ1v) is 7.49. The Labute approximate surface area is 128 Å². The number of nitrogens with zero attached hydrogens (tertiary/aromatic N) is 2. The molecular formula is C16H18FN3O2. The highest BCUT2D eigenvalue weighted by Crippen LogP contribution is 2.25. The van der Waals surface area contributed by atoms with Crippen LogP contribution in [-0.2, 0) is 4.79 Å². The fraction of sp³-hybridized carbons (Fsp3) is 0.375. The lowest BCUT2D eigenvalue weighted by Crippen LogP contribution is -2.30. The summed E-state index contributed by atoms with van der Waals surface area (Å²) in [6.45, 7) is 3.78. The van der Waals surface area contributed by atoms with Gasteiger partial charge in [0.25, 0.3) is 5.91 Å². The average molecular weight is 303 g/mol. The molecule has 0 aromatic heterocycles. The smallest absolute Gasteiger partial charge is 0.328 e. The normalized spacial score (nSPS) is 20.2. The zero-order valence-corrected chi connectivity index (χ0v) is 12.4. The largest absolute Gasteiger partial charge is 0.369 e. The van der Waals surface area contributed by atoms with Gasteiger partial charge in [-0.25, -0.2) is 9.18 Å². The van der Waals surface area contributed by atoms with Crippen molar-refractivity contribution in [1.29, 1.82) is 0 Å². The van der Waals surface area contributed by atoms with Gasteiger partial charge in [0, 0.05) is 19.6 Å². The first-order valence-electron chi connectivity index (χ1n) is 7.49. The van der Waals surface area contributed by atoms with Gasteiger partial charge in [0.2, 0.25) is 0 Å². The number of likely N-dealkylation sites (N-methyl/N-ethyl adjacent to an activating group) is 1. The van der Waals surface area contributed by atoms with Crippen LogP contribution in [0.1, 0.15) is 25.3 Å². The molecule has 22 heavy (non-hydrogen) atoms. The maximum absolute atomic E-state index is 14.2. The van der Waals surface area contributed by atoms with Crippen LogP contribution in [-0.4, -0.2) is 36.5 Å². The Hall–Kier alpha value is -2.37. The molecule has 2 saturated heterocycles. The van der Waals surface area contributed by atoms with Crippen molar-refractivity contribution in [3.8, 4) is 0 Å². The molecule has 0 atom stereocenters. The highest BCUT2D eigenvalue weighted by atomic mass is 19.1. The maximum Gasteiger partial charge on any atom is 0.328 e. The van der Waals surface area contributed by atoms with Crippen molar-refractivity contribution in [3.63, 3.8) is 0 Å². The zero-order chi connectivity index (χ0) is 15.7. The SMILES string of the molecule is CCN1C(=O)NC(=Cc2ccc(N3CCCC3)c(F)c2)C1=O. The summed E-state index contributed by atoms with van der Waals surface area (Å²) in [5.74, 6) is -0.683. The Balaban J connectivity index is 1.84. The molecule has 2 fully saturated rings. The highest BCUT2D eigenvalue weighted by Gasteiger charge is 2.32. The van der Waals surface area contributed by atoms with Gasteiger partial charge in [0.1, 0.15) is 11.5 Å². The van der Waals surface area contributed by atoms with E-state index in [1.165, 1.54) is 12.1 Å². The van der Waals surface area contributed by atoms with Crippen LogP contribution in [0.15, 0.2) is 23.9 Å². The van der Waals surface area contributed by atoms with E-state index in [4.69, 9.17) is 0 Å². The van der Waals surface area contributed by atoms with E-state index in [9.17, 15) is 14.0 Å². The van der Waals surface area contributed by atoms with E-state index in [0.717, 1.165) is 30.8 Å². The van der Waals surface area contributed by atoms with Gasteiger partial charge in [0.15, 0.2) is 0 Å². The van der Waals surface area contributed by atoms with Gasteiger partial charge >= 0.3 is 6.03 Å². The van der Waals surface area contributed by atoms with Crippen LogP contribution in [0.5, 0.6) is 0 Å². The molecule has 2 heterocycles. The molecule has 1 aromatic carbocycles. The Kier molecular flexibility index (Phi) is 3.83. The monoisotopic (exact) mass is 303 g/mol. The van der Waals surface area contributed by atoms with E-state index in [2.05, 4.69) is 5.32 Å². The van der Waals surface area contributed by atoms with E-state index in [1.807, 2.05) is 4.90 Å². The molecule has 0 spiro atoms. The topological polar surface area (TPSA) is 52.7 Å². The van der Waals surface area contributed by atoms with E-state index in [1.54, 1.807) is 19.1 Å². The molecule has 116 valence electrons. The van der Waals surface area contributed by atoms with Crippen molar-refractivity contribution >= 4 is 23.7 Å². The lowest BCUT2D eigenvalue weighted by Gasteiger charge is -2.18. The van der Waals surface area contributed by atoms with Gasteiger partial charge in [-0.2, -0.15) is 0 Å². The first-order chi connectivity index (χ1) is 10.6. The summed E-state index contributed by atoms with van der Waals surface area (Å²) >= 11 is 0. The van der Waals surface area contributed by atoms with Gasteiger partial charge in [-0.1, -0.05) is 6.07 Å². The van der Waals surface area contributed by atoms with Crippen LogP contribution in [0, 0.1) is 5.82 Å². The van der Waals surface area contributed by atoms with Crippen molar-refractivity contribution in [3.05, 3.63) is 35.3 Å². The maximum atomic E-state index is 14.2. The molecule has 0 saturated carbocycles. The van der Waals surface area contributed by atoms with Crippen molar-refractivity contribution in [2.75, 3.05) is 24.5 Å². The number of hydrogen-bond acceptors (Lipinski definition) is 3. The third-order valence-corrected chi connectivity index (χ3v) is 4.01. The van der Waals surface area contributed by atoms with Gasteiger partial charge in [-0.15, -0.1) is 0 Å². The molecule has 2 aliphatic rings. The summed E-state index contributed by atoms with van der Waals surface area (Å²) in [4.78, 5) is 26.7. The minimum Gasteiger partial charge on any atom is -0.369 e. The van der Waals surface area contributed by atoms with Crippen LogP contribution in [0.2, 0.25) is 0 Å². The number of urea groups is 1. The fourth-order valence-corrected chi connectivity index (χ4v) is 2.85. The Morgan fingerprint density at radius 3 is 2.59 bits per heavy atom. The summed E-state index contributed by atoms with van der Waals surface area (Å²) in [7, 11) is 0. The molecule has 3 rings (SSSR count). The number of rotatable bonds is 3. The van der Waals surface area contributed by atoms with Crippen LogP contribution >= 0.6 is 0 Å². The molecule has 0 unspecified atom stereocenters. The molecule has 3 amide bonds. The second-order valence-electron chi connectivity index (χ2n) is 5.44. The molecule has 0 bridgehead atoms. The zero-order valence-electron chi connectivity index (χ0n) is 12.4. The van der Waals surface area contributed by atoms with E-state index in [-0.39, 0.29) is 17.4 Å². The molecule has 6 heteroatoms. The Morgan fingerprint density at radius 2 is 2.00 bits per heavy atom. The number of anilines is 1. The van der Waals surface area contributed by atoms with Crippen molar-refractivity contribution in [1.82, 2.24) is 10.2 Å². The summed E-state index contributed by atoms with van der Waals surface area (Å²) < 4.78 is 14.2. The predicted octanol–water partition coefficient (Wildman–Crippen LogP) is 2.34. The molecule has 1 N–H and O–H groups in total. The first kappa shape index (κ1) is 14.6. The lowest BCUT2D eigenvalue weighted by molar-refractivity contribution is -0.122. The third-order valence-electron chi connectivity index (χ3n) is 4.01. The third kappa shape index (κ3) is 2.56. The number of amides is 3. The number of benzene rings is 1. The van der Waals surface area contributed by atoms with E-state index >= 15 is 0 Å². The highest BCUT2D eigenvalue weighted by molar-refractivity contribution is 6.13. The number of halogens is 1. The number of nitrogens with one attached hydrogen (secondary N) is 1. The molecule has 5 nitrogen and oxygen atoms in total. The van der Waals surface area contributed by atoms with Crippen LogP contribution < -0.4 is 10.2 Å².